The SMILES string of the molecule is Cc1cnc(NCc2cccnc2N2CCOCC2)nc1. The zero-order chi connectivity index (χ0) is 14.5. The third kappa shape index (κ3) is 3.46. The van der Waals surface area contributed by atoms with Crippen molar-refractivity contribution in [1.29, 1.82) is 0 Å². The molecule has 0 atom stereocenters. The van der Waals surface area contributed by atoms with Crippen molar-refractivity contribution in [3.8, 4) is 0 Å². The molecule has 0 radical (unpaired) electrons. The quantitative estimate of drug-likeness (QED) is 0.921. The van der Waals surface area contributed by atoms with Gasteiger partial charge in [0.05, 0.1) is 13.2 Å². The van der Waals surface area contributed by atoms with Gasteiger partial charge in [-0.05, 0) is 18.6 Å². The van der Waals surface area contributed by atoms with Crippen LogP contribution in [-0.4, -0.2) is 41.3 Å². The highest BCUT2D eigenvalue weighted by molar-refractivity contribution is 5.48. The van der Waals surface area contributed by atoms with E-state index in [1.807, 2.05) is 31.6 Å². The van der Waals surface area contributed by atoms with Gasteiger partial charge in [0, 0.05) is 43.8 Å². The summed E-state index contributed by atoms with van der Waals surface area (Å²) in [5.74, 6) is 1.65. The molecule has 21 heavy (non-hydrogen) atoms. The molecule has 0 aliphatic carbocycles. The number of nitrogens with zero attached hydrogens (tertiary/aromatic N) is 4. The molecule has 0 amide bonds. The first-order valence-corrected chi connectivity index (χ1v) is 7.12. The highest BCUT2D eigenvalue weighted by Gasteiger charge is 2.15. The van der Waals surface area contributed by atoms with Crippen molar-refractivity contribution in [1.82, 2.24) is 15.0 Å². The van der Waals surface area contributed by atoms with Gasteiger partial charge in [0.2, 0.25) is 5.95 Å². The summed E-state index contributed by atoms with van der Waals surface area (Å²) in [4.78, 5) is 15.3. The van der Waals surface area contributed by atoms with Gasteiger partial charge in [0.15, 0.2) is 0 Å². The summed E-state index contributed by atoms with van der Waals surface area (Å²) < 4.78 is 5.40. The van der Waals surface area contributed by atoms with Crippen LogP contribution in [0.25, 0.3) is 0 Å². The molecular formula is C15H19N5O. The van der Waals surface area contributed by atoms with Crippen LogP contribution in [0.4, 0.5) is 11.8 Å². The van der Waals surface area contributed by atoms with E-state index in [0.29, 0.717) is 12.5 Å². The van der Waals surface area contributed by atoms with Crippen molar-refractivity contribution in [2.75, 3.05) is 36.5 Å². The minimum absolute atomic E-state index is 0.636. The van der Waals surface area contributed by atoms with E-state index in [1.54, 1.807) is 0 Å². The van der Waals surface area contributed by atoms with Crippen LogP contribution in [0.3, 0.4) is 0 Å². The molecule has 0 unspecified atom stereocenters. The lowest BCUT2D eigenvalue weighted by Crippen LogP contribution is -2.37. The Balaban J connectivity index is 1.71. The lowest BCUT2D eigenvalue weighted by Gasteiger charge is -2.29. The highest BCUT2D eigenvalue weighted by atomic mass is 16.5. The molecule has 2 aromatic rings. The number of rotatable bonds is 4. The number of aryl methyl sites for hydroxylation is 1. The lowest BCUT2D eigenvalue weighted by atomic mass is 10.2. The summed E-state index contributed by atoms with van der Waals surface area (Å²) in [5.41, 5.74) is 2.19. The minimum Gasteiger partial charge on any atom is -0.378 e. The van der Waals surface area contributed by atoms with E-state index in [9.17, 15) is 0 Å². The summed E-state index contributed by atoms with van der Waals surface area (Å²) >= 11 is 0. The Labute approximate surface area is 124 Å². The van der Waals surface area contributed by atoms with E-state index in [2.05, 4.69) is 31.2 Å². The molecule has 6 heteroatoms. The van der Waals surface area contributed by atoms with Crippen molar-refractivity contribution in [3.05, 3.63) is 41.9 Å². The van der Waals surface area contributed by atoms with Crippen molar-refractivity contribution >= 4 is 11.8 Å². The van der Waals surface area contributed by atoms with Gasteiger partial charge in [-0.1, -0.05) is 6.07 Å². The second kappa shape index (κ2) is 6.49. The third-order valence-corrected chi connectivity index (χ3v) is 3.40. The monoisotopic (exact) mass is 285 g/mol. The number of anilines is 2. The Bertz CT molecular complexity index is 581. The fourth-order valence-electron chi connectivity index (χ4n) is 2.29. The van der Waals surface area contributed by atoms with Crippen molar-refractivity contribution < 1.29 is 4.74 Å². The second-order valence-corrected chi connectivity index (χ2v) is 5.02. The van der Waals surface area contributed by atoms with E-state index in [0.717, 1.165) is 43.2 Å². The average Bonchev–Trinajstić information content (AvgIpc) is 2.55. The summed E-state index contributed by atoms with van der Waals surface area (Å²) in [6.45, 7) is 5.90. The molecule has 1 fully saturated rings. The van der Waals surface area contributed by atoms with Crippen LogP contribution < -0.4 is 10.2 Å². The Morgan fingerprint density at radius 2 is 1.95 bits per heavy atom. The Morgan fingerprint density at radius 1 is 1.19 bits per heavy atom. The van der Waals surface area contributed by atoms with Gasteiger partial charge in [-0.15, -0.1) is 0 Å². The Morgan fingerprint density at radius 3 is 2.71 bits per heavy atom. The molecule has 110 valence electrons. The molecule has 0 saturated carbocycles. The number of hydrogen-bond acceptors (Lipinski definition) is 6. The largest absolute Gasteiger partial charge is 0.378 e. The first-order chi connectivity index (χ1) is 10.3. The van der Waals surface area contributed by atoms with Gasteiger partial charge in [-0.25, -0.2) is 15.0 Å². The van der Waals surface area contributed by atoms with E-state index < -0.39 is 0 Å². The van der Waals surface area contributed by atoms with Gasteiger partial charge in [-0.3, -0.25) is 0 Å². The maximum Gasteiger partial charge on any atom is 0.222 e. The molecule has 3 heterocycles. The second-order valence-electron chi connectivity index (χ2n) is 5.02. The highest BCUT2D eigenvalue weighted by Crippen LogP contribution is 2.19. The molecule has 2 aromatic heterocycles. The van der Waals surface area contributed by atoms with Gasteiger partial charge >= 0.3 is 0 Å². The van der Waals surface area contributed by atoms with Crippen LogP contribution in [0.1, 0.15) is 11.1 Å². The molecule has 0 aromatic carbocycles. The van der Waals surface area contributed by atoms with Crippen LogP contribution >= 0.6 is 0 Å². The van der Waals surface area contributed by atoms with Gasteiger partial charge < -0.3 is 15.0 Å². The first-order valence-electron chi connectivity index (χ1n) is 7.12. The summed E-state index contributed by atoms with van der Waals surface area (Å²) in [6.07, 6.45) is 5.44. The molecule has 1 saturated heterocycles. The zero-order valence-corrected chi connectivity index (χ0v) is 12.1. The van der Waals surface area contributed by atoms with Crippen LogP contribution in [0, 0.1) is 6.92 Å². The third-order valence-electron chi connectivity index (χ3n) is 3.40. The Hall–Kier alpha value is -2.21. The number of aromatic nitrogens is 3. The first kappa shape index (κ1) is 13.8. The predicted octanol–water partition coefficient (Wildman–Crippen LogP) is 1.63. The summed E-state index contributed by atoms with van der Waals surface area (Å²) in [7, 11) is 0. The summed E-state index contributed by atoms with van der Waals surface area (Å²) in [6, 6.07) is 4.04. The molecule has 3 rings (SSSR count). The van der Waals surface area contributed by atoms with E-state index >= 15 is 0 Å². The van der Waals surface area contributed by atoms with Crippen LogP contribution in [0.5, 0.6) is 0 Å². The molecule has 1 aliphatic heterocycles. The minimum atomic E-state index is 0.636. The zero-order valence-electron chi connectivity index (χ0n) is 12.1. The molecule has 1 aliphatic rings. The van der Waals surface area contributed by atoms with Crippen molar-refractivity contribution in [2.24, 2.45) is 0 Å². The smallest absolute Gasteiger partial charge is 0.222 e. The molecule has 1 N–H and O–H groups in total. The predicted molar refractivity (Wildman–Crippen MR) is 81.4 cm³/mol. The van der Waals surface area contributed by atoms with Crippen LogP contribution in [0.15, 0.2) is 30.7 Å². The Kier molecular flexibility index (Phi) is 4.25. The van der Waals surface area contributed by atoms with Gasteiger partial charge in [0.25, 0.3) is 0 Å². The number of hydrogen-bond donors (Lipinski definition) is 1. The average molecular weight is 285 g/mol. The molecule has 0 bridgehead atoms. The van der Waals surface area contributed by atoms with Crippen molar-refractivity contribution in [2.45, 2.75) is 13.5 Å². The van der Waals surface area contributed by atoms with E-state index in [1.165, 1.54) is 0 Å². The molecular weight excluding hydrogens is 266 g/mol. The van der Waals surface area contributed by atoms with Gasteiger partial charge in [-0.2, -0.15) is 0 Å². The maximum atomic E-state index is 5.40. The van der Waals surface area contributed by atoms with E-state index in [4.69, 9.17) is 4.74 Å². The number of pyridine rings is 1. The fourth-order valence-corrected chi connectivity index (χ4v) is 2.29. The maximum absolute atomic E-state index is 5.40. The van der Waals surface area contributed by atoms with Crippen LogP contribution in [-0.2, 0) is 11.3 Å². The van der Waals surface area contributed by atoms with Gasteiger partial charge in [0.1, 0.15) is 5.82 Å². The number of morpholine rings is 1. The number of nitrogens with one attached hydrogen (secondary N) is 1. The fraction of sp³-hybridized carbons (Fsp3) is 0.400. The topological polar surface area (TPSA) is 63.2 Å². The van der Waals surface area contributed by atoms with E-state index in [-0.39, 0.29) is 0 Å². The summed E-state index contributed by atoms with van der Waals surface area (Å²) in [5, 5.41) is 3.25. The lowest BCUT2D eigenvalue weighted by molar-refractivity contribution is 0.122. The molecule has 0 spiro atoms. The number of ether oxygens (including phenoxy) is 1. The van der Waals surface area contributed by atoms with Crippen LogP contribution in [0.2, 0.25) is 0 Å². The standard InChI is InChI=1S/C15H19N5O/c1-12-9-17-15(18-10-12)19-11-13-3-2-4-16-14(13)20-5-7-21-8-6-20/h2-4,9-10H,5-8,11H2,1H3,(H,17,18,19). The normalized spacial score (nSPS) is 15.0. The van der Waals surface area contributed by atoms with Crippen molar-refractivity contribution in [3.63, 3.8) is 0 Å². The molecule has 6 nitrogen and oxygen atoms in total.